The van der Waals surface area contributed by atoms with Crippen molar-refractivity contribution in [1.29, 1.82) is 0 Å². The Bertz CT molecular complexity index is 412. The van der Waals surface area contributed by atoms with Gasteiger partial charge in [0.15, 0.2) is 0 Å². The molecule has 0 aromatic carbocycles. The van der Waals surface area contributed by atoms with Crippen LogP contribution in [0.5, 0.6) is 0 Å². The van der Waals surface area contributed by atoms with E-state index in [0.717, 1.165) is 19.4 Å². The van der Waals surface area contributed by atoms with Crippen molar-refractivity contribution < 1.29 is 14.4 Å². The first kappa shape index (κ1) is 21.7. The Morgan fingerprint density at radius 2 is 1.96 bits per heavy atom. The van der Waals surface area contributed by atoms with Crippen LogP contribution in [0.15, 0.2) is 0 Å². The second-order valence-electron chi connectivity index (χ2n) is 5.85. The fraction of sp³-hybridized carbons (Fsp3) is 0.800. The highest BCUT2D eigenvalue weighted by molar-refractivity contribution is 5.92. The minimum atomic E-state index is -0.565. The molecule has 0 aromatic rings. The van der Waals surface area contributed by atoms with E-state index in [2.05, 4.69) is 16.0 Å². The second-order valence-corrected chi connectivity index (χ2v) is 5.85. The Hall–Kier alpha value is -1.34. The molecule has 0 spiro atoms. The third kappa shape index (κ3) is 5.99. The summed E-state index contributed by atoms with van der Waals surface area (Å²) in [6.45, 7) is 6.90. The third-order valence-corrected chi connectivity index (χ3v) is 3.92. The zero-order valence-corrected chi connectivity index (χ0v) is 15.2. The highest BCUT2D eigenvalue weighted by Crippen LogP contribution is 2.16. The van der Waals surface area contributed by atoms with Crippen LogP contribution in [0.2, 0.25) is 0 Å². The van der Waals surface area contributed by atoms with Gasteiger partial charge in [0.05, 0.1) is 12.6 Å². The van der Waals surface area contributed by atoms with Crippen molar-refractivity contribution in [3.05, 3.63) is 0 Å². The van der Waals surface area contributed by atoms with Crippen molar-refractivity contribution in [1.82, 2.24) is 20.9 Å². The van der Waals surface area contributed by atoms with Crippen molar-refractivity contribution in [2.45, 2.75) is 45.7 Å². The van der Waals surface area contributed by atoms with Crippen LogP contribution in [0.3, 0.4) is 0 Å². The van der Waals surface area contributed by atoms with Gasteiger partial charge in [0.25, 0.3) is 0 Å². The van der Waals surface area contributed by atoms with Crippen molar-refractivity contribution in [3.8, 4) is 0 Å². The first-order valence-electron chi connectivity index (χ1n) is 7.94. The number of amides is 3. The first-order valence-corrected chi connectivity index (χ1v) is 7.94. The van der Waals surface area contributed by atoms with E-state index in [4.69, 9.17) is 0 Å². The number of nitrogens with one attached hydrogen (secondary N) is 3. The predicted molar refractivity (Wildman–Crippen MR) is 91.4 cm³/mol. The SMILES string of the molecule is CCN(C(=O)[C@@H]1CCCN1)[C@H](C(=O)NCC(=O)NC)C(C)C.Cl. The molecule has 3 N–H and O–H groups in total. The van der Waals surface area contributed by atoms with Gasteiger partial charge in [-0.2, -0.15) is 0 Å². The smallest absolute Gasteiger partial charge is 0.243 e. The molecule has 0 bridgehead atoms. The highest BCUT2D eigenvalue weighted by Gasteiger charge is 2.35. The lowest BCUT2D eigenvalue weighted by Crippen LogP contribution is -2.56. The molecule has 0 aromatic heterocycles. The molecule has 0 aliphatic carbocycles. The number of hydrogen-bond donors (Lipinski definition) is 3. The van der Waals surface area contributed by atoms with Gasteiger partial charge in [-0.1, -0.05) is 13.8 Å². The Balaban J connectivity index is 0.00000484. The molecule has 0 saturated carbocycles. The van der Waals surface area contributed by atoms with Crippen LogP contribution in [-0.4, -0.2) is 61.4 Å². The molecule has 1 fully saturated rings. The summed E-state index contributed by atoms with van der Waals surface area (Å²) in [5.41, 5.74) is 0. The van der Waals surface area contributed by atoms with E-state index in [1.54, 1.807) is 4.90 Å². The Morgan fingerprint density at radius 3 is 2.39 bits per heavy atom. The number of halogens is 1. The van der Waals surface area contributed by atoms with Crippen LogP contribution >= 0.6 is 12.4 Å². The largest absolute Gasteiger partial charge is 0.358 e. The molecule has 134 valence electrons. The summed E-state index contributed by atoms with van der Waals surface area (Å²) in [5, 5.41) is 8.24. The Kier molecular flexibility index (Phi) is 9.83. The Labute approximate surface area is 144 Å². The number of nitrogens with zero attached hydrogens (tertiary/aromatic N) is 1. The van der Waals surface area contributed by atoms with E-state index in [-0.39, 0.29) is 48.6 Å². The van der Waals surface area contributed by atoms with Gasteiger partial charge < -0.3 is 20.9 Å². The van der Waals surface area contributed by atoms with Gasteiger partial charge in [0.2, 0.25) is 17.7 Å². The fourth-order valence-corrected chi connectivity index (χ4v) is 2.75. The molecule has 0 radical (unpaired) electrons. The van der Waals surface area contributed by atoms with Crippen LogP contribution in [0.25, 0.3) is 0 Å². The molecular weight excluding hydrogens is 320 g/mol. The van der Waals surface area contributed by atoms with Crippen LogP contribution in [0.1, 0.15) is 33.6 Å². The predicted octanol–water partition coefficient (Wildman–Crippen LogP) is -0.104. The maximum absolute atomic E-state index is 12.6. The summed E-state index contributed by atoms with van der Waals surface area (Å²) in [5.74, 6) is -0.613. The first-order chi connectivity index (χ1) is 10.4. The summed E-state index contributed by atoms with van der Waals surface area (Å²) in [4.78, 5) is 37.9. The normalized spacial score (nSPS) is 18.0. The summed E-state index contributed by atoms with van der Waals surface area (Å²) in [7, 11) is 1.52. The average molecular weight is 349 g/mol. The van der Waals surface area contributed by atoms with E-state index in [9.17, 15) is 14.4 Å². The monoisotopic (exact) mass is 348 g/mol. The average Bonchev–Trinajstić information content (AvgIpc) is 3.02. The molecule has 0 unspecified atom stereocenters. The fourth-order valence-electron chi connectivity index (χ4n) is 2.75. The second kappa shape index (κ2) is 10.4. The highest BCUT2D eigenvalue weighted by atomic mass is 35.5. The minimum Gasteiger partial charge on any atom is -0.358 e. The number of hydrogen-bond acceptors (Lipinski definition) is 4. The molecule has 1 heterocycles. The summed E-state index contributed by atoms with van der Waals surface area (Å²) < 4.78 is 0. The van der Waals surface area contributed by atoms with E-state index in [1.807, 2.05) is 20.8 Å². The van der Waals surface area contributed by atoms with E-state index >= 15 is 0 Å². The molecule has 8 heteroatoms. The maximum Gasteiger partial charge on any atom is 0.243 e. The van der Waals surface area contributed by atoms with Crippen LogP contribution in [0.4, 0.5) is 0 Å². The lowest BCUT2D eigenvalue weighted by Gasteiger charge is -2.34. The van der Waals surface area contributed by atoms with Crippen molar-refractivity contribution in [2.24, 2.45) is 5.92 Å². The van der Waals surface area contributed by atoms with Crippen molar-refractivity contribution in [3.63, 3.8) is 0 Å². The minimum absolute atomic E-state index is 0. The Morgan fingerprint density at radius 1 is 1.30 bits per heavy atom. The molecule has 23 heavy (non-hydrogen) atoms. The van der Waals surface area contributed by atoms with Gasteiger partial charge in [-0.25, -0.2) is 0 Å². The molecule has 3 amide bonds. The van der Waals surface area contributed by atoms with Gasteiger partial charge in [0, 0.05) is 13.6 Å². The summed E-state index contributed by atoms with van der Waals surface area (Å²) >= 11 is 0. The number of carbonyl (C=O) groups excluding carboxylic acids is 3. The standard InChI is InChI=1S/C15H28N4O3.ClH/c1-5-19(15(22)11-7-6-8-17-11)13(10(2)3)14(21)18-9-12(20)16-4;/h10-11,13,17H,5-9H2,1-4H3,(H,16,20)(H,18,21);1H/t11-,13-;/m0./s1. The van der Waals surface area contributed by atoms with E-state index in [1.165, 1.54) is 7.05 Å². The summed E-state index contributed by atoms with van der Waals surface area (Å²) in [6, 6.07) is -0.766. The quantitative estimate of drug-likeness (QED) is 0.599. The number of rotatable bonds is 7. The van der Waals surface area contributed by atoms with Gasteiger partial charge >= 0.3 is 0 Å². The molecule has 1 aliphatic rings. The van der Waals surface area contributed by atoms with E-state index in [0.29, 0.717) is 6.54 Å². The molecule has 1 saturated heterocycles. The van der Waals surface area contributed by atoms with Crippen molar-refractivity contribution in [2.75, 3.05) is 26.7 Å². The zero-order chi connectivity index (χ0) is 16.7. The number of likely N-dealkylation sites (N-methyl/N-ethyl adjacent to an activating group) is 2. The van der Waals surface area contributed by atoms with Gasteiger partial charge in [-0.15, -0.1) is 12.4 Å². The molecule has 1 aliphatic heterocycles. The molecule has 2 atom stereocenters. The maximum atomic E-state index is 12.6. The van der Waals surface area contributed by atoms with Gasteiger partial charge in [-0.05, 0) is 32.2 Å². The van der Waals surface area contributed by atoms with Gasteiger partial charge in [0.1, 0.15) is 6.04 Å². The summed E-state index contributed by atoms with van der Waals surface area (Å²) in [6.07, 6.45) is 1.78. The van der Waals surface area contributed by atoms with Gasteiger partial charge in [-0.3, -0.25) is 14.4 Å². The lowest BCUT2D eigenvalue weighted by atomic mass is 10.00. The molecule has 7 nitrogen and oxygen atoms in total. The van der Waals surface area contributed by atoms with Crippen LogP contribution in [-0.2, 0) is 14.4 Å². The third-order valence-electron chi connectivity index (χ3n) is 3.92. The van der Waals surface area contributed by atoms with E-state index < -0.39 is 6.04 Å². The van der Waals surface area contributed by atoms with Crippen LogP contribution in [0, 0.1) is 5.92 Å². The van der Waals surface area contributed by atoms with Crippen LogP contribution < -0.4 is 16.0 Å². The topological polar surface area (TPSA) is 90.5 Å². The zero-order valence-electron chi connectivity index (χ0n) is 14.3. The molecular formula is C15H29ClN4O3. The molecule has 1 rings (SSSR count). The lowest BCUT2D eigenvalue weighted by molar-refractivity contribution is -0.143. The van der Waals surface area contributed by atoms with Crippen molar-refractivity contribution >= 4 is 30.1 Å². The number of carbonyl (C=O) groups is 3.